The van der Waals surface area contributed by atoms with E-state index in [1.165, 1.54) is 12.1 Å². The largest absolute Gasteiger partial charge is 0.487 e. The van der Waals surface area contributed by atoms with Crippen molar-refractivity contribution in [3.63, 3.8) is 0 Å². The van der Waals surface area contributed by atoms with Gasteiger partial charge in [-0.3, -0.25) is 14.8 Å². The van der Waals surface area contributed by atoms with E-state index in [0.29, 0.717) is 15.4 Å². The van der Waals surface area contributed by atoms with Gasteiger partial charge in [-0.05, 0) is 28.9 Å². The molecule has 1 heterocycles. The van der Waals surface area contributed by atoms with E-state index in [1.807, 2.05) is 6.92 Å². The first-order valence-corrected chi connectivity index (χ1v) is 6.82. The van der Waals surface area contributed by atoms with Gasteiger partial charge in [-0.15, -0.1) is 0 Å². The molecule has 0 fully saturated rings. The molecule has 0 amide bonds. The fourth-order valence-electron chi connectivity index (χ4n) is 1.70. The van der Waals surface area contributed by atoms with Crippen molar-refractivity contribution >= 4 is 33.2 Å². The molecular formula is C12H11BrClN3O3. The van der Waals surface area contributed by atoms with Crippen LogP contribution in [0.4, 0.5) is 5.69 Å². The normalized spacial score (nSPS) is 10.6. The number of rotatable bonds is 4. The SMILES string of the molecule is Cc1nn(C)c(Cl)c1COc1cc([N+](=O)[O-])ccc1Br. The number of halogens is 2. The molecule has 0 radical (unpaired) electrons. The summed E-state index contributed by atoms with van der Waals surface area (Å²) in [6.07, 6.45) is 0. The summed E-state index contributed by atoms with van der Waals surface area (Å²) >= 11 is 9.40. The van der Waals surface area contributed by atoms with Gasteiger partial charge in [0.05, 0.1) is 21.2 Å². The summed E-state index contributed by atoms with van der Waals surface area (Å²) < 4.78 is 7.79. The molecule has 0 saturated heterocycles. The van der Waals surface area contributed by atoms with Crippen molar-refractivity contribution in [2.24, 2.45) is 7.05 Å². The standard InChI is InChI=1S/C12H11BrClN3O3/c1-7-9(12(14)16(2)15-7)6-20-11-5-8(17(18)19)3-4-10(11)13/h3-5H,6H2,1-2H3. The van der Waals surface area contributed by atoms with E-state index in [-0.39, 0.29) is 12.3 Å². The van der Waals surface area contributed by atoms with Crippen LogP contribution in [0.5, 0.6) is 5.75 Å². The van der Waals surface area contributed by atoms with Crippen LogP contribution >= 0.6 is 27.5 Å². The Bertz CT molecular complexity index is 672. The average molecular weight is 361 g/mol. The third-order valence-corrected chi connectivity index (χ3v) is 3.90. The minimum Gasteiger partial charge on any atom is -0.487 e. The molecule has 6 nitrogen and oxygen atoms in total. The van der Waals surface area contributed by atoms with E-state index in [0.717, 1.165) is 11.3 Å². The fraction of sp³-hybridized carbons (Fsp3) is 0.250. The minimum atomic E-state index is -0.471. The van der Waals surface area contributed by atoms with E-state index in [1.54, 1.807) is 17.8 Å². The molecule has 0 unspecified atom stereocenters. The number of nitrogens with zero attached hydrogens (tertiary/aromatic N) is 3. The molecule has 0 aliphatic heterocycles. The summed E-state index contributed by atoms with van der Waals surface area (Å²) in [5.74, 6) is 0.388. The lowest BCUT2D eigenvalue weighted by atomic mass is 10.3. The van der Waals surface area contributed by atoms with Crippen LogP contribution in [-0.4, -0.2) is 14.7 Å². The van der Waals surface area contributed by atoms with Crippen molar-refractivity contribution in [3.8, 4) is 5.75 Å². The number of nitro groups is 1. The molecule has 20 heavy (non-hydrogen) atoms. The number of aromatic nitrogens is 2. The second-order valence-corrected chi connectivity index (χ2v) is 5.35. The van der Waals surface area contributed by atoms with Gasteiger partial charge in [0.1, 0.15) is 17.5 Å². The van der Waals surface area contributed by atoms with Crippen LogP contribution in [-0.2, 0) is 13.7 Å². The molecule has 0 spiro atoms. The summed E-state index contributed by atoms with van der Waals surface area (Å²) in [5, 5.41) is 15.4. The lowest BCUT2D eigenvalue weighted by Gasteiger charge is -2.08. The van der Waals surface area contributed by atoms with Gasteiger partial charge >= 0.3 is 0 Å². The zero-order valence-electron chi connectivity index (χ0n) is 10.8. The number of hydrogen-bond donors (Lipinski definition) is 0. The molecule has 2 rings (SSSR count). The van der Waals surface area contributed by atoms with E-state index in [2.05, 4.69) is 21.0 Å². The van der Waals surface area contributed by atoms with Crippen LogP contribution < -0.4 is 4.74 Å². The van der Waals surface area contributed by atoms with Crippen molar-refractivity contribution in [3.05, 3.63) is 49.2 Å². The highest BCUT2D eigenvalue weighted by Gasteiger charge is 2.14. The van der Waals surface area contributed by atoms with Crippen LogP contribution in [0.2, 0.25) is 5.15 Å². The lowest BCUT2D eigenvalue weighted by Crippen LogP contribution is -1.99. The quantitative estimate of drug-likeness (QED) is 0.616. The van der Waals surface area contributed by atoms with Gasteiger partial charge in [-0.25, -0.2) is 0 Å². The highest BCUT2D eigenvalue weighted by Crippen LogP contribution is 2.30. The van der Waals surface area contributed by atoms with Crippen LogP contribution in [0.15, 0.2) is 22.7 Å². The molecule has 0 saturated carbocycles. The second-order valence-electron chi connectivity index (χ2n) is 4.14. The highest BCUT2D eigenvalue weighted by atomic mass is 79.9. The number of aryl methyl sites for hydroxylation is 2. The van der Waals surface area contributed by atoms with Gasteiger partial charge in [0.2, 0.25) is 0 Å². The summed E-state index contributed by atoms with van der Waals surface area (Å²) in [7, 11) is 1.74. The molecule has 0 N–H and O–H groups in total. The first-order chi connectivity index (χ1) is 9.40. The van der Waals surface area contributed by atoms with Crippen molar-refractivity contribution in [1.29, 1.82) is 0 Å². The first-order valence-electron chi connectivity index (χ1n) is 5.65. The van der Waals surface area contributed by atoms with E-state index >= 15 is 0 Å². The van der Waals surface area contributed by atoms with Crippen molar-refractivity contribution in [1.82, 2.24) is 9.78 Å². The second kappa shape index (κ2) is 5.80. The first kappa shape index (κ1) is 14.8. The van der Waals surface area contributed by atoms with E-state index < -0.39 is 4.92 Å². The minimum absolute atomic E-state index is 0.0304. The third kappa shape index (κ3) is 2.94. The Kier molecular flexibility index (Phi) is 4.29. The third-order valence-electron chi connectivity index (χ3n) is 2.77. The molecule has 106 valence electrons. The van der Waals surface area contributed by atoms with Crippen LogP contribution in [0.1, 0.15) is 11.3 Å². The van der Waals surface area contributed by atoms with Gasteiger partial charge in [0, 0.05) is 18.7 Å². The number of non-ortho nitro benzene ring substituents is 1. The number of hydrogen-bond acceptors (Lipinski definition) is 4. The van der Waals surface area contributed by atoms with E-state index in [9.17, 15) is 10.1 Å². The fourth-order valence-corrected chi connectivity index (χ4v) is 2.29. The van der Waals surface area contributed by atoms with Gasteiger partial charge in [-0.1, -0.05) is 11.6 Å². The van der Waals surface area contributed by atoms with Crippen molar-refractivity contribution in [2.45, 2.75) is 13.5 Å². The summed E-state index contributed by atoms with van der Waals surface area (Å²) in [4.78, 5) is 10.3. The molecule has 8 heteroatoms. The summed E-state index contributed by atoms with van der Waals surface area (Å²) in [6, 6.07) is 4.34. The number of ether oxygens (including phenoxy) is 1. The summed E-state index contributed by atoms with van der Waals surface area (Å²) in [5.41, 5.74) is 1.49. The Balaban J connectivity index is 2.22. The molecular weight excluding hydrogens is 350 g/mol. The van der Waals surface area contributed by atoms with Gasteiger partial charge in [-0.2, -0.15) is 5.10 Å². The maximum atomic E-state index is 10.8. The monoisotopic (exact) mass is 359 g/mol. The number of nitro benzene ring substituents is 1. The van der Waals surface area contributed by atoms with Gasteiger partial charge in [0.25, 0.3) is 5.69 Å². The van der Waals surface area contributed by atoms with Crippen molar-refractivity contribution < 1.29 is 9.66 Å². The molecule has 0 bridgehead atoms. The molecule has 1 aromatic heterocycles. The van der Waals surface area contributed by atoms with Crippen LogP contribution in [0.3, 0.4) is 0 Å². The van der Waals surface area contributed by atoms with E-state index in [4.69, 9.17) is 16.3 Å². The molecule has 0 atom stereocenters. The molecule has 2 aromatic rings. The molecule has 0 aliphatic rings. The Morgan fingerprint density at radius 2 is 2.25 bits per heavy atom. The maximum absolute atomic E-state index is 10.8. The highest BCUT2D eigenvalue weighted by molar-refractivity contribution is 9.10. The van der Waals surface area contributed by atoms with Crippen LogP contribution in [0.25, 0.3) is 0 Å². The predicted molar refractivity (Wildman–Crippen MR) is 78.1 cm³/mol. The summed E-state index contributed by atoms with van der Waals surface area (Å²) in [6.45, 7) is 2.02. The topological polar surface area (TPSA) is 70.2 Å². The predicted octanol–water partition coefficient (Wildman–Crippen LogP) is 3.63. The molecule has 1 aromatic carbocycles. The van der Waals surface area contributed by atoms with Crippen molar-refractivity contribution in [2.75, 3.05) is 0 Å². The lowest BCUT2D eigenvalue weighted by molar-refractivity contribution is -0.385. The van der Waals surface area contributed by atoms with Gasteiger partial charge < -0.3 is 4.74 Å². The Morgan fingerprint density at radius 3 is 2.80 bits per heavy atom. The smallest absolute Gasteiger partial charge is 0.273 e. The van der Waals surface area contributed by atoms with Crippen LogP contribution in [0, 0.1) is 17.0 Å². The zero-order chi connectivity index (χ0) is 14.9. The zero-order valence-corrected chi connectivity index (χ0v) is 13.1. The molecule has 0 aliphatic carbocycles. The average Bonchev–Trinajstić information content (AvgIpc) is 2.63. The van der Waals surface area contributed by atoms with Gasteiger partial charge in [0.15, 0.2) is 0 Å². The maximum Gasteiger partial charge on any atom is 0.273 e. The number of benzene rings is 1. The Hall–Kier alpha value is -1.60. The Morgan fingerprint density at radius 1 is 1.55 bits per heavy atom. The Labute approximate surface area is 128 Å².